The number of aliphatic hydroxyl groups is 1. The van der Waals surface area contributed by atoms with Crippen LogP contribution in [0, 0.1) is 31.1 Å². The molecule has 274 valence electrons. The number of rotatable bonds is 9. The van der Waals surface area contributed by atoms with E-state index in [9.17, 15) is 19.8 Å². The van der Waals surface area contributed by atoms with Gasteiger partial charge in [0.1, 0.15) is 5.75 Å². The molecule has 3 amide bonds. The predicted octanol–water partition coefficient (Wildman–Crippen LogP) is 8.49. The second-order valence-electron chi connectivity index (χ2n) is 16.5. The molecule has 2 heterocycles. The number of nitrogens with one attached hydrogen (secondary N) is 3. The summed E-state index contributed by atoms with van der Waals surface area (Å²) in [4.78, 5) is 31.6. The second-order valence-corrected chi connectivity index (χ2v) is 16.5. The van der Waals surface area contributed by atoms with Gasteiger partial charge in [0.15, 0.2) is 0 Å². The molecular weight excluding hydrogens is 649 g/mol. The molecule has 8 rings (SSSR count). The van der Waals surface area contributed by atoms with Gasteiger partial charge in [-0.25, -0.2) is 4.79 Å². The fourth-order valence-electron chi connectivity index (χ4n) is 10.9. The van der Waals surface area contributed by atoms with Gasteiger partial charge in [0, 0.05) is 35.6 Å². The standard InChI is InChI=1S/C44H54N4O4/c1-27-36-26-48(23-18-31(36)28(2)41-40(27)35-10-6-7-11-38(35)47-41)42(51)46-22-9-5-4-8-21-45-39(50)25-44(52)20-17-37-34-14-12-29-24-30(49)13-15-32(29)33(34)16-19-43(37,44)3/h6-7,10-11,13,15,18,23-24,33-34,37,47,49,52H,4-5,8-9,12,14,16-17,19-22,25-26H2,1-3H3,(H,45,50)(H,46,51)/t33?,34?,37?,43-,44+/m0/s1. The van der Waals surface area contributed by atoms with Gasteiger partial charge in [-0.15, -0.1) is 0 Å². The first-order valence-corrected chi connectivity index (χ1v) is 19.6. The van der Waals surface area contributed by atoms with Crippen LogP contribution in [0.2, 0.25) is 0 Å². The molecule has 5 N–H and O–H groups in total. The smallest absolute Gasteiger partial charge is 0.321 e. The van der Waals surface area contributed by atoms with Crippen molar-refractivity contribution >= 4 is 39.8 Å². The summed E-state index contributed by atoms with van der Waals surface area (Å²) in [6.07, 6.45) is 13.5. The normalized spacial score (nSPS) is 26.2. The Morgan fingerprint density at radius 3 is 2.58 bits per heavy atom. The zero-order valence-electron chi connectivity index (χ0n) is 31.0. The topological polar surface area (TPSA) is 118 Å². The van der Waals surface area contributed by atoms with Crippen LogP contribution in [0.25, 0.3) is 27.9 Å². The van der Waals surface area contributed by atoms with Gasteiger partial charge < -0.3 is 25.8 Å². The number of unbranched alkanes of at least 4 members (excludes halogenated alkanes) is 3. The highest BCUT2D eigenvalue weighted by molar-refractivity contribution is 6.11. The number of carbonyl (C=O) groups is 2. The van der Waals surface area contributed by atoms with E-state index in [0.717, 1.165) is 63.3 Å². The molecule has 5 atom stereocenters. The van der Waals surface area contributed by atoms with E-state index in [1.165, 1.54) is 49.7 Å². The third kappa shape index (κ3) is 5.87. The van der Waals surface area contributed by atoms with Gasteiger partial charge in [0.25, 0.3) is 0 Å². The highest BCUT2D eigenvalue weighted by Gasteiger charge is 2.61. The van der Waals surface area contributed by atoms with Gasteiger partial charge in [-0.3, -0.25) is 9.69 Å². The Morgan fingerprint density at radius 1 is 0.962 bits per heavy atom. The van der Waals surface area contributed by atoms with Crippen molar-refractivity contribution < 1.29 is 19.8 Å². The number of benzene rings is 3. The number of H-pyrrole nitrogens is 1. The molecule has 0 bridgehead atoms. The molecule has 8 heteroatoms. The molecule has 1 aliphatic heterocycles. The molecule has 0 spiro atoms. The molecule has 3 aliphatic carbocycles. The maximum Gasteiger partial charge on any atom is 0.321 e. The largest absolute Gasteiger partial charge is 0.508 e. The van der Waals surface area contributed by atoms with Crippen molar-refractivity contribution in [2.24, 2.45) is 17.3 Å². The zero-order valence-corrected chi connectivity index (χ0v) is 31.0. The lowest BCUT2D eigenvalue weighted by Crippen LogP contribution is -2.52. The molecule has 4 aromatic rings. The Kier molecular flexibility index (Phi) is 9.09. The van der Waals surface area contributed by atoms with Crippen molar-refractivity contribution in [1.82, 2.24) is 20.5 Å². The first kappa shape index (κ1) is 34.8. The molecule has 3 unspecified atom stereocenters. The molecule has 0 radical (unpaired) electrons. The number of phenolic OH excluding ortho intramolecular Hbond substituents is 1. The Labute approximate surface area is 307 Å². The van der Waals surface area contributed by atoms with Crippen LogP contribution < -0.4 is 10.6 Å². The minimum Gasteiger partial charge on any atom is -0.508 e. The van der Waals surface area contributed by atoms with Gasteiger partial charge in [0.2, 0.25) is 5.91 Å². The van der Waals surface area contributed by atoms with E-state index in [2.05, 4.69) is 72.8 Å². The summed E-state index contributed by atoms with van der Waals surface area (Å²) in [5.41, 5.74) is 8.59. The molecule has 8 nitrogen and oxygen atoms in total. The van der Waals surface area contributed by atoms with Crippen LogP contribution in [0.3, 0.4) is 0 Å². The molecule has 52 heavy (non-hydrogen) atoms. The Balaban J connectivity index is 0.761. The van der Waals surface area contributed by atoms with Crippen molar-refractivity contribution in [2.45, 2.75) is 109 Å². The zero-order chi connectivity index (χ0) is 36.2. The molecule has 4 aliphatic rings. The summed E-state index contributed by atoms with van der Waals surface area (Å²) in [5.74, 6) is 1.72. The van der Waals surface area contributed by atoms with Crippen molar-refractivity contribution in [3.63, 3.8) is 0 Å². The summed E-state index contributed by atoms with van der Waals surface area (Å²) in [5, 5.41) is 30.7. The number of carbonyl (C=O) groups excluding carboxylic acids is 2. The molecule has 3 aromatic carbocycles. The summed E-state index contributed by atoms with van der Waals surface area (Å²) in [7, 11) is 0. The first-order valence-electron chi connectivity index (χ1n) is 19.6. The molecule has 2 saturated carbocycles. The number of phenols is 1. The average molecular weight is 703 g/mol. The highest BCUT2D eigenvalue weighted by Crippen LogP contribution is 2.65. The van der Waals surface area contributed by atoms with Crippen molar-refractivity contribution in [3.05, 3.63) is 82.0 Å². The van der Waals surface area contributed by atoms with E-state index in [-0.39, 0.29) is 23.8 Å². The van der Waals surface area contributed by atoms with Gasteiger partial charge >= 0.3 is 6.03 Å². The molecule has 1 aromatic heterocycles. The first-order chi connectivity index (χ1) is 25.1. The molecule has 2 fully saturated rings. The lowest BCUT2D eigenvalue weighted by molar-refractivity contribution is -0.139. The van der Waals surface area contributed by atoms with Crippen LogP contribution in [-0.2, 0) is 17.8 Å². The number of fused-ring (bicyclic) bond motifs is 9. The van der Waals surface area contributed by atoms with Crippen molar-refractivity contribution in [3.8, 4) is 5.75 Å². The number of aromatic hydroxyl groups is 1. The Morgan fingerprint density at radius 2 is 1.75 bits per heavy atom. The molecule has 0 saturated heterocycles. The average Bonchev–Trinajstić information content (AvgIpc) is 3.66. The number of hydrogen-bond acceptors (Lipinski definition) is 4. The minimum absolute atomic E-state index is 0.0461. The molecular formula is C44H54N4O4. The second kappa shape index (κ2) is 13.6. The Bertz CT molecular complexity index is 2070. The SMILES string of the molecule is Cc1c2c(c(C)c3c1[nH]c1ccccc13)CN(C(=O)NCCCCCCNC(=O)C[C@]1(O)CCC3C4CCc5cc(O)ccc5C4CC[C@@]31C)C=C2. The third-order valence-corrected chi connectivity index (χ3v) is 13.8. The van der Waals surface area contributed by atoms with Crippen LogP contribution in [0.5, 0.6) is 5.75 Å². The number of aromatic nitrogens is 1. The van der Waals surface area contributed by atoms with Crippen LogP contribution in [0.4, 0.5) is 4.79 Å². The number of amides is 3. The third-order valence-electron chi connectivity index (χ3n) is 13.8. The fraction of sp³-hybridized carbons (Fsp3) is 0.500. The highest BCUT2D eigenvalue weighted by atomic mass is 16.3. The van der Waals surface area contributed by atoms with Crippen LogP contribution in [-0.4, -0.2) is 50.7 Å². The summed E-state index contributed by atoms with van der Waals surface area (Å²) in [6, 6.07) is 14.2. The van der Waals surface area contributed by atoms with E-state index in [1.807, 2.05) is 18.3 Å². The number of aromatic amines is 1. The maximum absolute atomic E-state index is 13.1. The van der Waals surface area contributed by atoms with E-state index < -0.39 is 5.60 Å². The number of nitrogens with zero attached hydrogens (tertiary/aromatic N) is 1. The van der Waals surface area contributed by atoms with E-state index >= 15 is 0 Å². The number of aryl methyl sites for hydroxylation is 3. The maximum atomic E-state index is 13.1. The van der Waals surface area contributed by atoms with E-state index in [4.69, 9.17) is 0 Å². The van der Waals surface area contributed by atoms with Crippen LogP contribution in [0.1, 0.15) is 110 Å². The van der Waals surface area contributed by atoms with Crippen LogP contribution >= 0.6 is 0 Å². The van der Waals surface area contributed by atoms with E-state index in [0.29, 0.717) is 49.6 Å². The number of urea groups is 1. The lowest BCUT2D eigenvalue weighted by Gasteiger charge is -2.53. The number of para-hydroxylation sites is 1. The minimum atomic E-state index is -0.966. The lowest BCUT2D eigenvalue weighted by atomic mass is 9.53. The van der Waals surface area contributed by atoms with Crippen LogP contribution in [0.15, 0.2) is 48.7 Å². The van der Waals surface area contributed by atoms with Gasteiger partial charge in [-0.2, -0.15) is 0 Å². The summed E-state index contributed by atoms with van der Waals surface area (Å²) in [6.45, 7) is 8.34. The Hall–Kier alpha value is -4.30. The monoisotopic (exact) mass is 702 g/mol. The van der Waals surface area contributed by atoms with E-state index in [1.54, 1.807) is 4.90 Å². The predicted molar refractivity (Wildman–Crippen MR) is 207 cm³/mol. The summed E-state index contributed by atoms with van der Waals surface area (Å²) < 4.78 is 0. The van der Waals surface area contributed by atoms with Gasteiger partial charge in [-0.1, -0.05) is 44.0 Å². The van der Waals surface area contributed by atoms with Gasteiger partial charge in [0.05, 0.1) is 24.1 Å². The summed E-state index contributed by atoms with van der Waals surface area (Å²) >= 11 is 0. The van der Waals surface area contributed by atoms with Gasteiger partial charge in [-0.05, 0) is 146 Å². The number of hydrogen-bond donors (Lipinski definition) is 5. The van der Waals surface area contributed by atoms with Crippen molar-refractivity contribution in [2.75, 3.05) is 13.1 Å². The quantitative estimate of drug-likeness (QED) is 0.113. The van der Waals surface area contributed by atoms with Crippen molar-refractivity contribution in [1.29, 1.82) is 0 Å². The fourth-order valence-corrected chi connectivity index (χ4v) is 10.9.